The van der Waals surface area contributed by atoms with Crippen LogP contribution in [0.15, 0.2) is 59.1 Å². The molecule has 1 heterocycles. The fraction of sp³-hybridized carbons (Fsp3) is 0.150. The lowest BCUT2D eigenvalue weighted by atomic mass is 10.1. The van der Waals surface area contributed by atoms with Gasteiger partial charge in [0.2, 0.25) is 0 Å². The van der Waals surface area contributed by atoms with Crippen molar-refractivity contribution in [3.05, 3.63) is 71.5 Å². The summed E-state index contributed by atoms with van der Waals surface area (Å²) in [6.45, 7) is 1.95. The average molecular weight is 348 g/mol. The van der Waals surface area contributed by atoms with E-state index in [4.69, 9.17) is 19.3 Å². The topological polar surface area (TPSA) is 85.3 Å². The summed E-state index contributed by atoms with van der Waals surface area (Å²) in [5.74, 6) is 0.499. The van der Waals surface area contributed by atoms with Gasteiger partial charge >= 0.3 is 5.97 Å². The van der Waals surface area contributed by atoms with Crippen molar-refractivity contribution < 1.29 is 18.8 Å². The molecular weight excluding hydrogens is 332 g/mol. The number of carbonyl (C=O) groups is 1. The molecule has 0 aliphatic carbocycles. The molecule has 0 fully saturated rings. The Morgan fingerprint density at radius 1 is 1.12 bits per heavy atom. The molecule has 0 saturated heterocycles. The molecule has 0 aliphatic rings. The van der Waals surface area contributed by atoms with Gasteiger partial charge in [-0.3, -0.25) is 0 Å². The minimum absolute atomic E-state index is 0.0810. The molecule has 0 bridgehead atoms. The van der Waals surface area contributed by atoms with E-state index in [0.29, 0.717) is 28.3 Å². The molecule has 0 saturated carbocycles. The quantitative estimate of drug-likeness (QED) is 0.498. The summed E-state index contributed by atoms with van der Waals surface area (Å²) in [7, 11) is 0. The molecule has 1 aromatic heterocycles. The number of nitriles is 1. The highest BCUT2D eigenvalue weighted by atomic mass is 16.6. The lowest BCUT2D eigenvalue weighted by molar-refractivity contribution is 0.0449. The first-order chi connectivity index (χ1) is 12.7. The van der Waals surface area contributed by atoms with Crippen LogP contribution in [-0.2, 0) is 4.74 Å². The zero-order chi connectivity index (χ0) is 18.4. The Kier molecular flexibility index (Phi) is 5.30. The van der Waals surface area contributed by atoms with Crippen LogP contribution in [0.25, 0.3) is 11.3 Å². The molecule has 6 nitrogen and oxygen atoms in total. The highest BCUT2D eigenvalue weighted by molar-refractivity contribution is 5.97. The van der Waals surface area contributed by atoms with Gasteiger partial charge in [-0.2, -0.15) is 5.26 Å². The van der Waals surface area contributed by atoms with Crippen molar-refractivity contribution in [2.24, 2.45) is 0 Å². The molecule has 0 unspecified atom stereocenters. The van der Waals surface area contributed by atoms with Crippen LogP contribution in [0.3, 0.4) is 0 Å². The SMILES string of the molecule is Cc1onc(-c2ccccc2)c1C(=O)OCCOc1ccc(C#N)cc1. The van der Waals surface area contributed by atoms with Crippen LogP contribution in [0.5, 0.6) is 5.75 Å². The van der Waals surface area contributed by atoms with Crippen molar-refractivity contribution in [3.8, 4) is 23.1 Å². The minimum atomic E-state index is -0.508. The van der Waals surface area contributed by atoms with Gasteiger partial charge in [-0.25, -0.2) is 4.79 Å². The Balaban J connectivity index is 1.59. The number of ether oxygens (including phenoxy) is 2. The lowest BCUT2D eigenvalue weighted by Gasteiger charge is -2.07. The van der Waals surface area contributed by atoms with Gasteiger partial charge in [0, 0.05) is 5.56 Å². The Hall–Kier alpha value is -3.59. The summed E-state index contributed by atoms with van der Waals surface area (Å²) in [5, 5.41) is 12.7. The van der Waals surface area contributed by atoms with Crippen molar-refractivity contribution in [1.82, 2.24) is 5.16 Å². The van der Waals surface area contributed by atoms with Crippen molar-refractivity contribution in [1.29, 1.82) is 5.26 Å². The third-order valence-corrected chi connectivity index (χ3v) is 3.68. The predicted molar refractivity (Wildman–Crippen MR) is 93.6 cm³/mol. The van der Waals surface area contributed by atoms with Crippen molar-refractivity contribution in [2.75, 3.05) is 13.2 Å². The van der Waals surface area contributed by atoms with Gasteiger partial charge in [0.25, 0.3) is 0 Å². The van der Waals surface area contributed by atoms with E-state index < -0.39 is 5.97 Å². The minimum Gasteiger partial charge on any atom is -0.490 e. The second-order valence-corrected chi connectivity index (χ2v) is 5.45. The summed E-state index contributed by atoms with van der Waals surface area (Å²) in [6, 6.07) is 18.0. The van der Waals surface area contributed by atoms with E-state index in [0.717, 1.165) is 5.56 Å². The second-order valence-electron chi connectivity index (χ2n) is 5.45. The molecule has 3 rings (SSSR count). The Labute approximate surface area is 150 Å². The van der Waals surface area contributed by atoms with E-state index in [1.54, 1.807) is 31.2 Å². The van der Waals surface area contributed by atoms with E-state index in [1.807, 2.05) is 36.4 Å². The van der Waals surface area contributed by atoms with Gasteiger partial charge in [-0.1, -0.05) is 35.5 Å². The first kappa shape index (κ1) is 17.2. The van der Waals surface area contributed by atoms with Crippen LogP contribution in [0, 0.1) is 18.3 Å². The standard InChI is InChI=1S/C20H16N2O4/c1-14-18(19(22-26-14)16-5-3-2-4-6-16)20(23)25-12-11-24-17-9-7-15(13-21)8-10-17/h2-10H,11-12H2,1H3. The van der Waals surface area contributed by atoms with Crippen LogP contribution in [0.4, 0.5) is 0 Å². The molecular formula is C20H16N2O4. The van der Waals surface area contributed by atoms with Gasteiger partial charge in [-0.05, 0) is 31.2 Å². The maximum atomic E-state index is 12.4. The number of nitrogens with zero attached hydrogens (tertiary/aromatic N) is 2. The van der Waals surface area contributed by atoms with E-state index in [-0.39, 0.29) is 13.2 Å². The average Bonchev–Trinajstić information content (AvgIpc) is 3.08. The monoisotopic (exact) mass is 348 g/mol. The second kappa shape index (κ2) is 7.99. The Morgan fingerprint density at radius 2 is 1.85 bits per heavy atom. The third kappa shape index (κ3) is 3.90. The van der Waals surface area contributed by atoms with Gasteiger partial charge in [0.1, 0.15) is 36.0 Å². The van der Waals surface area contributed by atoms with Gasteiger partial charge in [0.15, 0.2) is 0 Å². The fourth-order valence-electron chi connectivity index (χ4n) is 2.40. The first-order valence-corrected chi connectivity index (χ1v) is 8.01. The maximum absolute atomic E-state index is 12.4. The Morgan fingerprint density at radius 3 is 2.54 bits per heavy atom. The predicted octanol–water partition coefficient (Wildman–Crippen LogP) is 3.76. The summed E-state index contributed by atoms with van der Waals surface area (Å²) >= 11 is 0. The molecule has 26 heavy (non-hydrogen) atoms. The van der Waals surface area contributed by atoms with Gasteiger partial charge in [-0.15, -0.1) is 0 Å². The molecule has 0 radical (unpaired) electrons. The molecule has 0 amide bonds. The van der Waals surface area contributed by atoms with Crippen LogP contribution in [0.2, 0.25) is 0 Å². The molecule has 130 valence electrons. The highest BCUT2D eigenvalue weighted by Gasteiger charge is 2.22. The van der Waals surface area contributed by atoms with E-state index >= 15 is 0 Å². The first-order valence-electron chi connectivity index (χ1n) is 8.01. The van der Waals surface area contributed by atoms with Crippen molar-refractivity contribution in [3.63, 3.8) is 0 Å². The van der Waals surface area contributed by atoms with Crippen molar-refractivity contribution in [2.45, 2.75) is 6.92 Å². The molecule has 0 N–H and O–H groups in total. The number of aryl methyl sites for hydroxylation is 1. The highest BCUT2D eigenvalue weighted by Crippen LogP contribution is 2.25. The fourth-order valence-corrected chi connectivity index (χ4v) is 2.40. The largest absolute Gasteiger partial charge is 0.490 e. The van der Waals surface area contributed by atoms with Crippen molar-refractivity contribution >= 4 is 5.97 Å². The van der Waals surface area contributed by atoms with Crippen LogP contribution in [-0.4, -0.2) is 24.3 Å². The smallest absolute Gasteiger partial charge is 0.344 e. The number of aromatic nitrogens is 1. The molecule has 6 heteroatoms. The number of carbonyl (C=O) groups excluding carboxylic acids is 1. The van der Waals surface area contributed by atoms with E-state index in [1.165, 1.54) is 0 Å². The molecule has 0 spiro atoms. The third-order valence-electron chi connectivity index (χ3n) is 3.68. The lowest BCUT2D eigenvalue weighted by Crippen LogP contribution is -2.13. The van der Waals surface area contributed by atoms with Gasteiger partial charge in [0.05, 0.1) is 11.6 Å². The molecule has 0 aliphatic heterocycles. The molecule has 3 aromatic rings. The summed E-state index contributed by atoms with van der Waals surface area (Å²) in [5.41, 5.74) is 2.11. The summed E-state index contributed by atoms with van der Waals surface area (Å²) in [6.07, 6.45) is 0. The number of hydrogen-bond acceptors (Lipinski definition) is 6. The zero-order valence-corrected chi connectivity index (χ0v) is 14.1. The zero-order valence-electron chi connectivity index (χ0n) is 14.1. The Bertz CT molecular complexity index is 925. The van der Waals surface area contributed by atoms with Crippen LogP contribution in [0.1, 0.15) is 21.7 Å². The summed E-state index contributed by atoms with van der Waals surface area (Å²) < 4.78 is 15.9. The van der Waals surface area contributed by atoms with E-state index in [9.17, 15) is 4.79 Å². The van der Waals surface area contributed by atoms with Gasteiger partial charge < -0.3 is 14.0 Å². The number of esters is 1. The summed E-state index contributed by atoms with van der Waals surface area (Å²) in [4.78, 5) is 12.4. The number of rotatable bonds is 6. The normalized spacial score (nSPS) is 10.2. The number of benzene rings is 2. The number of hydrogen-bond donors (Lipinski definition) is 0. The maximum Gasteiger partial charge on any atom is 0.344 e. The van der Waals surface area contributed by atoms with Crippen LogP contribution < -0.4 is 4.74 Å². The molecule has 2 aromatic carbocycles. The van der Waals surface area contributed by atoms with E-state index in [2.05, 4.69) is 5.16 Å². The van der Waals surface area contributed by atoms with Crippen LogP contribution >= 0.6 is 0 Å². The molecule has 0 atom stereocenters.